The summed E-state index contributed by atoms with van der Waals surface area (Å²) in [5.41, 5.74) is 5.07. The van der Waals surface area contributed by atoms with Crippen molar-refractivity contribution < 1.29 is 14.3 Å². The zero-order valence-electron chi connectivity index (χ0n) is 20.6. The number of hydrazone groups is 1. The van der Waals surface area contributed by atoms with Crippen molar-refractivity contribution in [2.45, 2.75) is 25.1 Å². The summed E-state index contributed by atoms with van der Waals surface area (Å²) in [6.07, 6.45) is 1.58. The number of halogens is 1. The molecule has 0 saturated heterocycles. The molecule has 4 rings (SSSR count). The van der Waals surface area contributed by atoms with Crippen LogP contribution >= 0.6 is 23.4 Å². The molecule has 1 aromatic heterocycles. The fourth-order valence-electron chi connectivity index (χ4n) is 3.42. The minimum atomic E-state index is -0.274. The maximum Gasteiger partial charge on any atom is 0.250 e. The van der Waals surface area contributed by atoms with Crippen molar-refractivity contribution >= 4 is 35.5 Å². The molecule has 0 aliphatic carbocycles. The van der Waals surface area contributed by atoms with Gasteiger partial charge in [0.25, 0.3) is 5.91 Å². The number of para-hydroxylation sites is 1. The molecule has 0 aliphatic heterocycles. The third-order valence-electron chi connectivity index (χ3n) is 5.04. The first-order chi connectivity index (χ1) is 17.9. The highest BCUT2D eigenvalue weighted by Gasteiger charge is 2.17. The number of amides is 1. The number of thioether (sulfide) groups is 1. The first-order valence-electron chi connectivity index (χ1n) is 11.5. The topological polar surface area (TPSA) is 90.6 Å². The molecular weight excluding hydrogens is 510 g/mol. The summed E-state index contributed by atoms with van der Waals surface area (Å²) < 4.78 is 13.0. The lowest BCUT2D eigenvalue weighted by molar-refractivity contribution is -0.118. The van der Waals surface area contributed by atoms with Gasteiger partial charge in [-0.05, 0) is 74.0 Å². The Hall–Kier alpha value is -3.82. The Labute approximate surface area is 224 Å². The molecule has 8 nitrogen and oxygen atoms in total. The molecule has 0 radical (unpaired) electrons. The van der Waals surface area contributed by atoms with E-state index in [9.17, 15) is 4.79 Å². The van der Waals surface area contributed by atoms with E-state index in [4.69, 9.17) is 21.1 Å². The Morgan fingerprint density at radius 2 is 1.84 bits per heavy atom. The van der Waals surface area contributed by atoms with Crippen LogP contribution in [0.3, 0.4) is 0 Å². The molecule has 1 heterocycles. The number of nitrogens with zero attached hydrogens (tertiary/aromatic N) is 4. The number of ether oxygens (including phenoxy) is 2. The number of rotatable bonds is 10. The van der Waals surface area contributed by atoms with Crippen molar-refractivity contribution in [2.75, 3.05) is 12.9 Å². The molecule has 0 fully saturated rings. The van der Waals surface area contributed by atoms with E-state index < -0.39 is 0 Å². The second-order valence-electron chi connectivity index (χ2n) is 8.14. The summed E-state index contributed by atoms with van der Waals surface area (Å²) >= 11 is 7.32. The number of carbonyl (C=O) groups is 1. The highest BCUT2D eigenvalue weighted by molar-refractivity contribution is 7.99. The lowest BCUT2D eigenvalue weighted by atomic mass is 10.2. The van der Waals surface area contributed by atoms with E-state index >= 15 is 0 Å². The average molecular weight is 536 g/mol. The van der Waals surface area contributed by atoms with Gasteiger partial charge in [0.05, 0.1) is 25.2 Å². The standard InChI is InChI=1S/C27H26ClN5O3S/c1-18(2)36-23-14-9-19(15-24(23)35-3)16-29-30-25(34)17-37-27-32-31-26(20-10-12-21(28)13-11-20)33(27)22-7-5-4-6-8-22/h4-16,18H,17H2,1-3H3,(H,30,34)/b29-16-. The van der Waals surface area contributed by atoms with Gasteiger partial charge >= 0.3 is 0 Å². The van der Waals surface area contributed by atoms with Gasteiger partial charge in [0.2, 0.25) is 0 Å². The molecular formula is C27H26ClN5O3S. The number of hydrogen-bond donors (Lipinski definition) is 1. The maximum absolute atomic E-state index is 12.5. The number of benzene rings is 3. The van der Waals surface area contributed by atoms with Crippen LogP contribution in [0, 0.1) is 0 Å². The summed E-state index contributed by atoms with van der Waals surface area (Å²) in [6, 6.07) is 22.6. The van der Waals surface area contributed by atoms with Crippen LogP contribution in [0.5, 0.6) is 11.5 Å². The normalized spacial score (nSPS) is 11.2. The van der Waals surface area contributed by atoms with Crippen LogP contribution in [0.15, 0.2) is 83.1 Å². The first kappa shape index (κ1) is 26.2. The van der Waals surface area contributed by atoms with E-state index in [1.807, 2.05) is 73.0 Å². The Morgan fingerprint density at radius 3 is 2.54 bits per heavy atom. The van der Waals surface area contributed by atoms with Gasteiger partial charge < -0.3 is 9.47 Å². The monoisotopic (exact) mass is 535 g/mol. The summed E-state index contributed by atoms with van der Waals surface area (Å²) in [5.74, 6) is 1.73. The van der Waals surface area contributed by atoms with Crippen LogP contribution in [-0.4, -0.2) is 45.9 Å². The number of methoxy groups -OCH3 is 1. The molecule has 3 aromatic carbocycles. The second kappa shape index (κ2) is 12.4. The zero-order chi connectivity index (χ0) is 26.2. The number of carbonyl (C=O) groups excluding carboxylic acids is 1. The Balaban J connectivity index is 1.44. The SMILES string of the molecule is COc1cc(/C=N\NC(=O)CSc2nnc(-c3ccc(Cl)cc3)n2-c2ccccc2)ccc1OC(C)C. The quantitative estimate of drug-likeness (QED) is 0.161. The van der Waals surface area contributed by atoms with Crippen molar-refractivity contribution in [3.8, 4) is 28.6 Å². The molecule has 10 heteroatoms. The van der Waals surface area contributed by atoms with Gasteiger partial charge in [0.1, 0.15) is 0 Å². The molecule has 4 aromatic rings. The van der Waals surface area contributed by atoms with Gasteiger partial charge in [-0.1, -0.05) is 41.6 Å². The van der Waals surface area contributed by atoms with E-state index in [-0.39, 0.29) is 17.8 Å². The number of hydrogen-bond acceptors (Lipinski definition) is 7. The highest BCUT2D eigenvalue weighted by atomic mass is 35.5. The van der Waals surface area contributed by atoms with Crippen LogP contribution in [0.1, 0.15) is 19.4 Å². The molecule has 0 saturated carbocycles. The molecule has 0 bridgehead atoms. The molecule has 0 aliphatic rings. The average Bonchev–Trinajstić information content (AvgIpc) is 3.33. The van der Waals surface area contributed by atoms with Crippen molar-refractivity contribution in [2.24, 2.45) is 5.10 Å². The fourth-order valence-corrected chi connectivity index (χ4v) is 4.29. The van der Waals surface area contributed by atoms with E-state index in [1.54, 1.807) is 31.5 Å². The van der Waals surface area contributed by atoms with Crippen molar-refractivity contribution in [1.82, 2.24) is 20.2 Å². The smallest absolute Gasteiger partial charge is 0.250 e. The van der Waals surface area contributed by atoms with Crippen molar-refractivity contribution in [1.29, 1.82) is 0 Å². The lowest BCUT2D eigenvalue weighted by Gasteiger charge is -2.13. The van der Waals surface area contributed by atoms with Gasteiger partial charge in [0.15, 0.2) is 22.5 Å². The second-order valence-corrected chi connectivity index (χ2v) is 9.52. The van der Waals surface area contributed by atoms with Crippen LogP contribution in [0.25, 0.3) is 17.1 Å². The van der Waals surface area contributed by atoms with E-state index in [2.05, 4.69) is 20.7 Å². The van der Waals surface area contributed by atoms with Crippen molar-refractivity contribution in [3.63, 3.8) is 0 Å². The van der Waals surface area contributed by atoms with Gasteiger partial charge in [-0.25, -0.2) is 5.43 Å². The third-order valence-corrected chi connectivity index (χ3v) is 6.22. The van der Waals surface area contributed by atoms with Gasteiger partial charge in [0, 0.05) is 16.3 Å². The van der Waals surface area contributed by atoms with Gasteiger partial charge in [-0.15, -0.1) is 10.2 Å². The third kappa shape index (κ3) is 6.90. The van der Waals surface area contributed by atoms with E-state index in [1.165, 1.54) is 11.8 Å². The summed E-state index contributed by atoms with van der Waals surface area (Å²) in [4.78, 5) is 12.5. The van der Waals surface area contributed by atoms with Gasteiger partial charge in [-0.2, -0.15) is 5.10 Å². The maximum atomic E-state index is 12.5. The molecule has 0 unspecified atom stereocenters. The Bertz CT molecular complexity index is 1370. The summed E-state index contributed by atoms with van der Waals surface area (Å²) in [5, 5.41) is 14.0. The predicted octanol–water partition coefficient (Wildman–Crippen LogP) is 5.63. The van der Waals surface area contributed by atoms with Gasteiger partial charge in [-0.3, -0.25) is 9.36 Å². The minimum absolute atomic E-state index is 0.0279. The number of nitrogens with one attached hydrogen (secondary N) is 1. The summed E-state index contributed by atoms with van der Waals surface area (Å²) in [6.45, 7) is 3.90. The number of aromatic nitrogens is 3. The van der Waals surface area contributed by atoms with Crippen LogP contribution in [0.2, 0.25) is 5.02 Å². The lowest BCUT2D eigenvalue weighted by Crippen LogP contribution is -2.20. The highest BCUT2D eigenvalue weighted by Crippen LogP contribution is 2.29. The zero-order valence-corrected chi connectivity index (χ0v) is 22.2. The van der Waals surface area contributed by atoms with Crippen LogP contribution in [0.4, 0.5) is 0 Å². The Morgan fingerprint density at radius 1 is 1.08 bits per heavy atom. The molecule has 0 atom stereocenters. The van der Waals surface area contributed by atoms with Crippen LogP contribution in [-0.2, 0) is 4.79 Å². The van der Waals surface area contributed by atoms with E-state index in [0.717, 1.165) is 16.8 Å². The minimum Gasteiger partial charge on any atom is -0.493 e. The van der Waals surface area contributed by atoms with Crippen LogP contribution < -0.4 is 14.9 Å². The largest absolute Gasteiger partial charge is 0.493 e. The molecule has 37 heavy (non-hydrogen) atoms. The molecule has 1 amide bonds. The van der Waals surface area contributed by atoms with E-state index in [0.29, 0.717) is 27.5 Å². The summed E-state index contributed by atoms with van der Waals surface area (Å²) in [7, 11) is 1.58. The fraction of sp³-hybridized carbons (Fsp3) is 0.185. The van der Waals surface area contributed by atoms with Crippen molar-refractivity contribution in [3.05, 3.63) is 83.4 Å². The predicted molar refractivity (Wildman–Crippen MR) is 147 cm³/mol. The molecule has 1 N–H and O–H groups in total. The molecule has 0 spiro atoms. The molecule has 190 valence electrons. The first-order valence-corrected chi connectivity index (χ1v) is 12.9. The Kier molecular flexibility index (Phi) is 8.81.